The molecule has 0 aliphatic carbocycles. The van der Waals surface area contributed by atoms with Crippen molar-refractivity contribution in [2.75, 3.05) is 11.5 Å². The third-order valence-corrected chi connectivity index (χ3v) is 6.35. The van der Waals surface area contributed by atoms with Crippen molar-refractivity contribution in [1.29, 1.82) is 0 Å². The summed E-state index contributed by atoms with van der Waals surface area (Å²) in [4.78, 5) is 15.8. The van der Waals surface area contributed by atoms with Crippen molar-refractivity contribution < 1.29 is 18.3 Å². The van der Waals surface area contributed by atoms with Gasteiger partial charge in [-0.15, -0.1) is 0 Å². The second-order valence-electron chi connectivity index (χ2n) is 6.11. The third kappa shape index (κ3) is 2.59. The van der Waals surface area contributed by atoms with Gasteiger partial charge in [0.05, 0.1) is 17.2 Å². The summed E-state index contributed by atoms with van der Waals surface area (Å²) in [6.07, 6.45) is 3.82. The lowest BCUT2D eigenvalue weighted by atomic mass is 9.99. The molecule has 0 bridgehead atoms. The van der Waals surface area contributed by atoms with Crippen LogP contribution in [-0.2, 0) is 16.3 Å². The Morgan fingerprint density at radius 2 is 1.95 bits per heavy atom. The molecule has 3 heterocycles. The number of hydrogen-bond acceptors (Lipinski definition) is 4. The molecule has 116 valence electrons. The van der Waals surface area contributed by atoms with Crippen LogP contribution in [0.4, 0.5) is 0 Å². The molecule has 7 heteroatoms. The van der Waals surface area contributed by atoms with Gasteiger partial charge in [-0.3, -0.25) is 0 Å². The Hall–Kier alpha value is -1.37. The summed E-state index contributed by atoms with van der Waals surface area (Å²) in [7, 11) is -2.92. The van der Waals surface area contributed by atoms with Gasteiger partial charge in [0.1, 0.15) is 15.7 Å². The molecule has 0 saturated carbocycles. The van der Waals surface area contributed by atoms with Gasteiger partial charge in [0.15, 0.2) is 5.69 Å². The molecule has 1 atom stereocenters. The van der Waals surface area contributed by atoms with Crippen LogP contribution in [-0.4, -0.2) is 40.6 Å². The van der Waals surface area contributed by atoms with Crippen LogP contribution in [0.1, 0.15) is 66.6 Å². The van der Waals surface area contributed by atoms with E-state index in [0.717, 1.165) is 30.8 Å². The molecule has 1 fully saturated rings. The molecule has 21 heavy (non-hydrogen) atoms. The summed E-state index contributed by atoms with van der Waals surface area (Å²) in [5.74, 6) is 0.209. The molecule has 3 rings (SSSR count). The van der Waals surface area contributed by atoms with E-state index in [1.807, 2.05) is 0 Å². The maximum Gasteiger partial charge on any atom is 0.356 e. The van der Waals surface area contributed by atoms with E-state index in [2.05, 4.69) is 16.5 Å². The minimum absolute atomic E-state index is 0.0564. The maximum absolute atomic E-state index is 11.6. The van der Waals surface area contributed by atoms with Crippen molar-refractivity contribution >= 4 is 15.8 Å². The molecule has 1 saturated heterocycles. The monoisotopic (exact) mass is 312 g/mol. The Morgan fingerprint density at radius 3 is 2.57 bits per heavy atom. The van der Waals surface area contributed by atoms with Crippen LogP contribution in [0.25, 0.3) is 0 Å². The minimum Gasteiger partial charge on any atom is -0.476 e. The van der Waals surface area contributed by atoms with Crippen LogP contribution >= 0.6 is 0 Å². The van der Waals surface area contributed by atoms with Gasteiger partial charge in [0, 0.05) is 12.0 Å². The predicted molar refractivity (Wildman–Crippen MR) is 77.5 cm³/mol. The number of aromatic carboxylic acids is 1. The maximum atomic E-state index is 11.6. The van der Waals surface area contributed by atoms with Crippen LogP contribution in [0, 0.1) is 0 Å². The van der Waals surface area contributed by atoms with Crippen molar-refractivity contribution in [2.24, 2.45) is 0 Å². The highest BCUT2D eigenvalue weighted by Crippen LogP contribution is 2.36. The van der Waals surface area contributed by atoms with Gasteiger partial charge in [-0.1, -0.05) is 0 Å². The highest BCUT2D eigenvalue weighted by atomic mass is 32.2. The van der Waals surface area contributed by atoms with Gasteiger partial charge in [0.25, 0.3) is 0 Å². The molecule has 1 unspecified atom stereocenters. The fourth-order valence-electron chi connectivity index (χ4n) is 3.52. The van der Waals surface area contributed by atoms with E-state index in [9.17, 15) is 18.3 Å². The normalized spacial score (nSPS) is 25.5. The minimum atomic E-state index is -2.92. The number of carbonyl (C=O) groups is 1. The number of imidazole rings is 1. The average molecular weight is 312 g/mol. The first-order valence-electron chi connectivity index (χ1n) is 7.44. The Morgan fingerprint density at radius 1 is 1.29 bits per heavy atom. The lowest BCUT2D eigenvalue weighted by molar-refractivity contribution is 0.0689. The first kappa shape index (κ1) is 14.6. The molecule has 1 aromatic rings. The van der Waals surface area contributed by atoms with Crippen LogP contribution in [0.15, 0.2) is 0 Å². The van der Waals surface area contributed by atoms with Crippen molar-refractivity contribution in [3.8, 4) is 0 Å². The molecular formula is C14H20N2O4S. The van der Waals surface area contributed by atoms with E-state index in [-0.39, 0.29) is 29.2 Å². The van der Waals surface area contributed by atoms with E-state index in [1.54, 1.807) is 0 Å². The van der Waals surface area contributed by atoms with Crippen LogP contribution in [0.2, 0.25) is 0 Å². The summed E-state index contributed by atoms with van der Waals surface area (Å²) >= 11 is 0. The number of rotatable bonds is 2. The van der Waals surface area contributed by atoms with E-state index in [4.69, 9.17) is 0 Å². The number of hydrogen-bond donors (Lipinski definition) is 1. The van der Waals surface area contributed by atoms with Gasteiger partial charge >= 0.3 is 5.97 Å². The number of carboxylic acids is 1. The van der Waals surface area contributed by atoms with Gasteiger partial charge in [0.2, 0.25) is 0 Å². The summed E-state index contributed by atoms with van der Waals surface area (Å²) in [5.41, 5.74) is 0.967. The molecule has 0 amide bonds. The Bertz CT molecular complexity index is 663. The first-order chi connectivity index (χ1) is 9.89. The summed E-state index contributed by atoms with van der Waals surface area (Å²) in [6, 6.07) is 0.239. The number of sulfone groups is 1. The lowest BCUT2D eigenvalue weighted by Crippen LogP contribution is -2.26. The van der Waals surface area contributed by atoms with Crippen molar-refractivity contribution in [3.63, 3.8) is 0 Å². The molecule has 0 radical (unpaired) electrons. The standard InChI is InChI=1S/C14H20N2O4S/c1-9-3-2-4-11-12(14(17)18)15-13(16(9)11)10-5-7-21(19,20)8-6-10/h9-10H,2-8H2,1H3,(H,17,18). The van der Waals surface area contributed by atoms with Gasteiger partial charge < -0.3 is 9.67 Å². The fourth-order valence-corrected chi connectivity index (χ4v) is 5.01. The van der Waals surface area contributed by atoms with Gasteiger partial charge in [-0.2, -0.15) is 0 Å². The van der Waals surface area contributed by atoms with Crippen molar-refractivity contribution in [1.82, 2.24) is 9.55 Å². The highest BCUT2D eigenvalue weighted by molar-refractivity contribution is 7.91. The van der Waals surface area contributed by atoms with Gasteiger partial charge in [-0.25, -0.2) is 18.2 Å². The van der Waals surface area contributed by atoms with E-state index in [0.29, 0.717) is 12.8 Å². The molecular weight excluding hydrogens is 292 g/mol. The van der Waals surface area contributed by atoms with Crippen LogP contribution in [0.5, 0.6) is 0 Å². The lowest BCUT2D eigenvalue weighted by Gasteiger charge is -2.28. The second kappa shape index (κ2) is 5.12. The molecule has 6 nitrogen and oxygen atoms in total. The number of carboxylic acid groups (broad SMARTS) is 1. The van der Waals surface area contributed by atoms with E-state index < -0.39 is 15.8 Å². The highest BCUT2D eigenvalue weighted by Gasteiger charge is 2.33. The Balaban J connectivity index is 2.01. The first-order valence-corrected chi connectivity index (χ1v) is 9.26. The summed E-state index contributed by atoms with van der Waals surface area (Å²) in [5, 5.41) is 9.35. The van der Waals surface area contributed by atoms with E-state index in [1.165, 1.54) is 0 Å². The zero-order valence-corrected chi connectivity index (χ0v) is 12.9. The molecule has 0 aromatic carbocycles. The summed E-state index contributed by atoms with van der Waals surface area (Å²) in [6.45, 7) is 2.08. The van der Waals surface area contributed by atoms with Crippen LogP contribution in [0.3, 0.4) is 0 Å². The SMILES string of the molecule is CC1CCCc2c(C(=O)O)nc(C3CCS(=O)(=O)CC3)n21. The molecule has 2 aliphatic rings. The average Bonchev–Trinajstić information content (AvgIpc) is 2.80. The Labute approximate surface area is 124 Å². The fraction of sp³-hybridized carbons (Fsp3) is 0.714. The summed E-state index contributed by atoms with van der Waals surface area (Å²) < 4.78 is 25.2. The number of nitrogens with zero attached hydrogens (tertiary/aromatic N) is 2. The van der Waals surface area contributed by atoms with Crippen molar-refractivity contribution in [3.05, 3.63) is 17.2 Å². The topological polar surface area (TPSA) is 89.3 Å². The Kier molecular flexibility index (Phi) is 3.55. The number of fused-ring (bicyclic) bond motifs is 1. The molecule has 2 aliphatic heterocycles. The largest absolute Gasteiger partial charge is 0.476 e. The van der Waals surface area contributed by atoms with Crippen LogP contribution < -0.4 is 0 Å². The molecule has 1 aromatic heterocycles. The predicted octanol–water partition coefficient (Wildman–Crippen LogP) is 1.77. The quantitative estimate of drug-likeness (QED) is 0.899. The van der Waals surface area contributed by atoms with Gasteiger partial charge in [-0.05, 0) is 39.0 Å². The zero-order valence-electron chi connectivity index (χ0n) is 12.1. The zero-order chi connectivity index (χ0) is 15.2. The number of aromatic nitrogens is 2. The van der Waals surface area contributed by atoms with E-state index >= 15 is 0 Å². The van der Waals surface area contributed by atoms with Crippen molar-refractivity contribution in [2.45, 2.75) is 51.0 Å². The third-order valence-electron chi connectivity index (χ3n) is 4.64. The second-order valence-corrected chi connectivity index (χ2v) is 8.41. The molecule has 0 spiro atoms. The smallest absolute Gasteiger partial charge is 0.356 e. The molecule has 1 N–H and O–H groups in total.